The molecule has 1 aromatic heterocycles. The third-order valence-corrected chi connectivity index (χ3v) is 6.44. The summed E-state index contributed by atoms with van der Waals surface area (Å²) in [5.74, 6) is 0.837. The minimum Gasteiger partial charge on any atom is -0.325 e. The molecule has 1 N–H and O–H groups in total. The van der Waals surface area contributed by atoms with Crippen LogP contribution in [0.15, 0.2) is 53.7 Å². The van der Waals surface area contributed by atoms with Gasteiger partial charge in [-0.3, -0.25) is 4.79 Å². The van der Waals surface area contributed by atoms with Crippen LogP contribution in [-0.2, 0) is 17.8 Å². The normalized spacial score (nSPS) is 14.7. The molecule has 0 fully saturated rings. The van der Waals surface area contributed by atoms with Crippen LogP contribution in [0.2, 0.25) is 10.0 Å². The van der Waals surface area contributed by atoms with E-state index in [1.54, 1.807) is 18.2 Å². The van der Waals surface area contributed by atoms with Crippen molar-refractivity contribution in [3.05, 3.63) is 70.0 Å². The standard InChI is InChI=1S/C21H20Cl2N4OS/c22-15-11-16(23)13-17(12-15)24-20(28)19(14-7-3-1-4-8-14)29-21-26-25-18-9-5-2-6-10-27(18)21/h1,3-4,7-8,11-13,19H,2,5-6,9-10H2,(H,24,28)/t19-/m0/s1. The number of benzene rings is 2. The fourth-order valence-corrected chi connectivity index (χ4v) is 4.99. The molecule has 0 unspecified atom stereocenters. The van der Waals surface area contributed by atoms with Gasteiger partial charge in [0.25, 0.3) is 0 Å². The van der Waals surface area contributed by atoms with Gasteiger partial charge in [0, 0.05) is 28.7 Å². The predicted octanol–water partition coefficient (Wildman–Crippen LogP) is 5.78. The molecular formula is C21H20Cl2N4OS. The Morgan fingerprint density at radius 3 is 2.55 bits per heavy atom. The van der Waals surface area contributed by atoms with Gasteiger partial charge in [0.1, 0.15) is 11.1 Å². The van der Waals surface area contributed by atoms with Crippen molar-refractivity contribution in [2.24, 2.45) is 0 Å². The molecule has 1 aliphatic heterocycles. The summed E-state index contributed by atoms with van der Waals surface area (Å²) in [5, 5.41) is 12.9. The molecule has 0 radical (unpaired) electrons. The molecule has 5 nitrogen and oxygen atoms in total. The van der Waals surface area contributed by atoms with Gasteiger partial charge in [-0.2, -0.15) is 0 Å². The topological polar surface area (TPSA) is 59.8 Å². The number of amides is 1. The van der Waals surface area contributed by atoms with Gasteiger partial charge in [-0.25, -0.2) is 0 Å². The number of nitrogens with one attached hydrogen (secondary N) is 1. The van der Waals surface area contributed by atoms with Gasteiger partial charge < -0.3 is 9.88 Å². The van der Waals surface area contributed by atoms with Crippen molar-refractivity contribution in [2.75, 3.05) is 5.32 Å². The van der Waals surface area contributed by atoms with Crippen LogP contribution in [0.3, 0.4) is 0 Å². The summed E-state index contributed by atoms with van der Waals surface area (Å²) < 4.78 is 2.15. The van der Waals surface area contributed by atoms with Crippen molar-refractivity contribution in [3.63, 3.8) is 0 Å². The highest BCUT2D eigenvalue weighted by atomic mass is 35.5. The first-order chi connectivity index (χ1) is 14.1. The second kappa shape index (κ2) is 9.20. The lowest BCUT2D eigenvalue weighted by molar-refractivity contribution is -0.115. The van der Waals surface area contributed by atoms with E-state index in [9.17, 15) is 4.79 Å². The number of aryl methyl sites for hydroxylation is 1. The lowest BCUT2D eigenvalue weighted by Gasteiger charge is -2.17. The molecule has 2 heterocycles. The van der Waals surface area contributed by atoms with Crippen LogP contribution in [0.25, 0.3) is 0 Å². The third-order valence-electron chi connectivity index (χ3n) is 4.77. The summed E-state index contributed by atoms with van der Waals surface area (Å²) in [6.07, 6.45) is 4.34. The summed E-state index contributed by atoms with van der Waals surface area (Å²) in [6, 6.07) is 14.7. The lowest BCUT2D eigenvalue weighted by Crippen LogP contribution is -2.19. The van der Waals surface area contributed by atoms with Crippen molar-refractivity contribution in [1.29, 1.82) is 0 Å². The van der Waals surface area contributed by atoms with Crippen molar-refractivity contribution >= 4 is 46.6 Å². The molecule has 0 saturated carbocycles. The number of hydrogen-bond donors (Lipinski definition) is 1. The second-order valence-electron chi connectivity index (χ2n) is 6.92. The molecule has 150 valence electrons. The summed E-state index contributed by atoms with van der Waals surface area (Å²) >= 11 is 13.6. The number of halogens is 2. The Bertz CT molecular complexity index is 989. The summed E-state index contributed by atoms with van der Waals surface area (Å²) in [7, 11) is 0. The van der Waals surface area contributed by atoms with Gasteiger partial charge in [0.15, 0.2) is 5.16 Å². The SMILES string of the molecule is O=C(Nc1cc(Cl)cc(Cl)c1)[C@@H](Sc1nnc2n1CCCCC2)c1ccccc1. The number of carbonyl (C=O) groups is 1. The molecule has 1 atom stereocenters. The first-order valence-electron chi connectivity index (χ1n) is 9.51. The number of fused-ring (bicyclic) bond motifs is 1. The first kappa shape index (κ1) is 20.3. The summed E-state index contributed by atoms with van der Waals surface area (Å²) in [6.45, 7) is 0.887. The van der Waals surface area contributed by atoms with Gasteiger partial charge in [-0.15, -0.1) is 10.2 Å². The molecule has 29 heavy (non-hydrogen) atoms. The molecule has 8 heteroatoms. The van der Waals surface area contributed by atoms with Crippen LogP contribution < -0.4 is 5.32 Å². The largest absolute Gasteiger partial charge is 0.325 e. The molecule has 0 spiro atoms. The zero-order chi connectivity index (χ0) is 20.2. The van der Waals surface area contributed by atoms with E-state index in [0.717, 1.165) is 42.4 Å². The molecule has 4 rings (SSSR count). The molecular weight excluding hydrogens is 427 g/mol. The van der Waals surface area contributed by atoms with Crippen molar-refractivity contribution < 1.29 is 4.79 Å². The van der Waals surface area contributed by atoms with E-state index in [-0.39, 0.29) is 5.91 Å². The highest BCUT2D eigenvalue weighted by Gasteiger charge is 2.26. The zero-order valence-corrected chi connectivity index (χ0v) is 18.0. The molecule has 0 aliphatic carbocycles. The predicted molar refractivity (Wildman–Crippen MR) is 118 cm³/mol. The Morgan fingerprint density at radius 2 is 1.79 bits per heavy atom. The first-order valence-corrected chi connectivity index (χ1v) is 11.1. The van der Waals surface area contributed by atoms with Crippen LogP contribution in [-0.4, -0.2) is 20.7 Å². The van der Waals surface area contributed by atoms with E-state index in [1.807, 2.05) is 30.3 Å². The number of aromatic nitrogens is 3. The number of carbonyl (C=O) groups excluding carboxylic acids is 1. The Hall–Kier alpha value is -2.02. The monoisotopic (exact) mass is 446 g/mol. The van der Waals surface area contributed by atoms with Gasteiger partial charge >= 0.3 is 0 Å². The average Bonchev–Trinajstić information content (AvgIpc) is 2.91. The molecule has 2 aromatic carbocycles. The maximum Gasteiger partial charge on any atom is 0.242 e. The van der Waals surface area contributed by atoms with E-state index in [4.69, 9.17) is 23.2 Å². The molecule has 0 saturated heterocycles. The highest BCUT2D eigenvalue weighted by molar-refractivity contribution is 8.00. The number of rotatable bonds is 5. The number of thioether (sulfide) groups is 1. The van der Waals surface area contributed by atoms with Crippen molar-refractivity contribution in [3.8, 4) is 0 Å². The van der Waals surface area contributed by atoms with Crippen molar-refractivity contribution in [1.82, 2.24) is 14.8 Å². The van der Waals surface area contributed by atoms with Gasteiger partial charge in [0.05, 0.1) is 0 Å². The maximum absolute atomic E-state index is 13.2. The minimum atomic E-state index is -0.481. The molecule has 3 aromatic rings. The van der Waals surface area contributed by atoms with E-state index in [2.05, 4.69) is 20.1 Å². The Morgan fingerprint density at radius 1 is 1.03 bits per heavy atom. The van der Waals surface area contributed by atoms with Crippen LogP contribution >= 0.6 is 35.0 Å². The quantitative estimate of drug-likeness (QED) is 0.504. The maximum atomic E-state index is 13.2. The van der Waals surface area contributed by atoms with E-state index >= 15 is 0 Å². The Labute approximate surface area is 183 Å². The Kier molecular flexibility index (Phi) is 6.43. The molecule has 0 bridgehead atoms. The lowest BCUT2D eigenvalue weighted by atomic mass is 10.1. The average molecular weight is 447 g/mol. The smallest absolute Gasteiger partial charge is 0.242 e. The number of hydrogen-bond acceptors (Lipinski definition) is 4. The summed E-state index contributed by atoms with van der Waals surface area (Å²) in [4.78, 5) is 13.2. The van der Waals surface area contributed by atoms with Crippen LogP contribution in [0.5, 0.6) is 0 Å². The third kappa shape index (κ3) is 4.94. The zero-order valence-electron chi connectivity index (χ0n) is 15.6. The van der Waals surface area contributed by atoms with Gasteiger partial charge in [-0.05, 0) is 36.6 Å². The van der Waals surface area contributed by atoms with Crippen LogP contribution in [0, 0.1) is 0 Å². The Balaban J connectivity index is 1.62. The van der Waals surface area contributed by atoms with Crippen LogP contribution in [0.1, 0.15) is 35.9 Å². The van der Waals surface area contributed by atoms with Gasteiger partial charge in [-0.1, -0.05) is 71.7 Å². The number of nitrogens with zero attached hydrogens (tertiary/aromatic N) is 3. The number of anilines is 1. The minimum absolute atomic E-state index is 0.162. The van der Waals surface area contributed by atoms with E-state index in [1.165, 1.54) is 18.2 Å². The highest BCUT2D eigenvalue weighted by Crippen LogP contribution is 2.36. The van der Waals surface area contributed by atoms with Crippen LogP contribution in [0.4, 0.5) is 5.69 Å². The second-order valence-corrected chi connectivity index (χ2v) is 8.86. The molecule has 1 amide bonds. The molecule has 1 aliphatic rings. The fourth-order valence-electron chi connectivity index (χ4n) is 3.39. The van der Waals surface area contributed by atoms with E-state index < -0.39 is 5.25 Å². The summed E-state index contributed by atoms with van der Waals surface area (Å²) in [5.41, 5.74) is 1.46. The van der Waals surface area contributed by atoms with Crippen molar-refractivity contribution in [2.45, 2.75) is 42.6 Å². The van der Waals surface area contributed by atoms with E-state index in [0.29, 0.717) is 15.7 Å². The fraction of sp³-hybridized carbons (Fsp3) is 0.286. The van der Waals surface area contributed by atoms with Gasteiger partial charge in [0.2, 0.25) is 5.91 Å².